The van der Waals surface area contributed by atoms with E-state index in [0.717, 1.165) is 16.8 Å². The van der Waals surface area contributed by atoms with Crippen molar-refractivity contribution in [3.63, 3.8) is 0 Å². The second-order valence-corrected chi connectivity index (χ2v) is 9.52. The van der Waals surface area contributed by atoms with Crippen molar-refractivity contribution in [1.29, 1.82) is 0 Å². The number of hydrogen-bond donors (Lipinski definition) is 0. The first kappa shape index (κ1) is 24.1. The van der Waals surface area contributed by atoms with Gasteiger partial charge in [-0.2, -0.15) is 4.99 Å². The number of aliphatic imine (C=N–C) groups is 1. The van der Waals surface area contributed by atoms with E-state index in [9.17, 15) is 4.79 Å². The van der Waals surface area contributed by atoms with Crippen molar-refractivity contribution >= 4 is 57.0 Å². The number of methoxy groups -OCH3 is 1. The molecule has 0 unspecified atom stereocenters. The van der Waals surface area contributed by atoms with Crippen LogP contribution in [-0.2, 0) is 11.4 Å². The number of carbonyl (C=O) groups is 1. The second-order valence-electron chi connectivity index (χ2n) is 7.27. The number of aryl methyl sites for hydroxylation is 1. The van der Waals surface area contributed by atoms with Crippen molar-refractivity contribution in [2.24, 2.45) is 4.99 Å². The molecule has 9 heteroatoms. The van der Waals surface area contributed by atoms with Gasteiger partial charge < -0.3 is 9.47 Å². The van der Waals surface area contributed by atoms with Crippen LogP contribution in [0.3, 0.4) is 0 Å². The van der Waals surface area contributed by atoms with Crippen LogP contribution >= 0.6 is 34.7 Å². The molecule has 1 saturated heterocycles. The maximum atomic E-state index is 13.0. The summed E-state index contributed by atoms with van der Waals surface area (Å²) in [6, 6.07) is 13.1. The van der Waals surface area contributed by atoms with Crippen LogP contribution in [0.15, 0.2) is 70.4 Å². The van der Waals surface area contributed by atoms with Gasteiger partial charge in [-0.1, -0.05) is 41.9 Å². The normalized spacial score (nSPS) is 15.9. The molecule has 6 nitrogen and oxygen atoms in total. The predicted molar refractivity (Wildman–Crippen MR) is 140 cm³/mol. The van der Waals surface area contributed by atoms with Crippen molar-refractivity contribution in [1.82, 2.24) is 9.88 Å². The highest BCUT2D eigenvalue weighted by atomic mass is 35.5. The fraction of sp³-hybridized carbons (Fsp3) is 0.160. The molecule has 2 heterocycles. The molecule has 1 aromatic heterocycles. The molecule has 0 N–H and O–H groups in total. The van der Waals surface area contributed by atoms with Crippen LogP contribution in [0.2, 0.25) is 5.02 Å². The number of ether oxygens (including phenoxy) is 2. The van der Waals surface area contributed by atoms with E-state index in [2.05, 4.69) is 16.6 Å². The van der Waals surface area contributed by atoms with Gasteiger partial charge in [-0.15, -0.1) is 17.9 Å². The second kappa shape index (κ2) is 10.9. The number of aromatic nitrogens is 1. The maximum absolute atomic E-state index is 13.0. The Balaban J connectivity index is 1.56. The molecule has 174 valence electrons. The molecule has 34 heavy (non-hydrogen) atoms. The van der Waals surface area contributed by atoms with Gasteiger partial charge in [0.25, 0.3) is 5.91 Å². The van der Waals surface area contributed by atoms with E-state index in [4.69, 9.17) is 21.1 Å². The van der Waals surface area contributed by atoms with Crippen molar-refractivity contribution < 1.29 is 14.3 Å². The zero-order valence-electron chi connectivity index (χ0n) is 18.7. The number of hydrogen-bond acceptors (Lipinski definition) is 7. The van der Waals surface area contributed by atoms with Gasteiger partial charge in [0.05, 0.1) is 17.7 Å². The largest absolute Gasteiger partial charge is 0.493 e. The number of halogens is 1. The monoisotopic (exact) mass is 511 g/mol. The number of amides is 1. The molecule has 0 aliphatic carbocycles. The summed E-state index contributed by atoms with van der Waals surface area (Å²) in [7, 11) is 1.58. The Morgan fingerprint density at radius 2 is 2.06 bits per heavy atom. The number of rotatable bonds is 8. The van der Waals surface area contributed by atoms with Gasteiger partial charge in [-0.25, -0.2) is 4.98 Å². The maximum Gasteiger partial charge on any atom is 0.267 e. The highest BCUT2D eigenvalue weighted by Crippen LogP contribution is 2.36. The lowest BCUT2D eigenvalue weighted by atomic mass is 10.1. The molecule has 4 rings (SSSR count). The van der Waals surface area contributed by atoms with Crippen molar-refractivity contribution in [3.8, 4) is 11.5 Å². The Morgan fingerprint density at radius 1 is 1.24 bits per heavy atom. The molecular weight excluding hydrogens is 490 g/mol. The third-order valence-corrected chi connectivity index (χ3v) is 7.05. The van der Waals surface area contributed by atoms with Gasteiger partial charge in [-0.3, -0.25) is 9.69 Å². The summed E-state index contributed by atoms with van der Waals surface area (Å²) < 4.78 is 11.5. The molecule has 1 fully saturated rings. The molecule has 2 aromatic carbocycles. The summed E-state index contributed by atoms with van der Waals surface area (Å²) in [5.74, 6) is 1.02. The van der Waals surface area contributed by atoms with Crippen LogP contribution in [0.5, 0.6) is 11.5 Å². The molecule has 1 aliphatic rings. The van der Waals surface area contributed by atoms with E-state index in [1.54, 1.807) is 18.1 Å². The standard InChI is InChI=1S/C25H22ClN3O3S2/c1-4-11-29-23(30)22(34-25(29)28-24-27-16(2)15-33-24)13-17-9-10-20(21(12-17)31-3)32-14-18-7-5-6-8-19(18)26/h4-10,12-13,15H,1,11,14H2,2-3H3/b22-13-,28-25+. The van der Waals surface area contributed by atoms with Crippen LogP contribution < -0.4 is 9.47 Å². The molecule has 1 aliphatic heterocycles. The average molecular weight is 512 g/mol. The zero-order chi connectivity index (χ0) is 24.1. The Bertz CT molecular complexity index is 1290. The molecule has 0 bridgehead atoms. The van der Waals surface area contributed by atoms with Crippen molar-refractivity contribution in [2.75, 3.05) is 13.7 Å². The number of thiazole rings is 1. The number of amidine groups is 1. The quantitative estimate of drug-likeness (QED) is 0.256. The molecule has 0 radical (unpaired) electrons. The van der Waals surface area contributed by atoms with Gasteiger partial charge in [-0.05, 0) is 48.5 Å². The molecule has 0 saturated carbocycles. The summed E-state index contributed by atoms with van der Waals surface area (Å²) in [5.41, 5.74) is 2.59. The summed E-state index contributed by atoms with van der Waals surface area (Å²) in [6.45, 7) is 6.36. The van der Waals surface area contributed by atoms with Gasteiger partial charge >= 0.3 is 0 Å². The number of thioether (sulfide) groups is 1. The van der Waals surface area contributed by atoms with Crippen LogP contribution in [-0.4, -0.2) is 34.6 Å². The minimum absolute atomic E-state index is 0.130. The lowest BCUT2D eigenvalue weighted by Crippen LogP contribution is -2.29. The first-order valence-electron chi connectivity index (χ1n) is 10.4. The van der Waals surface area contributed by atoms with Crippen molar-refractivity contribution in [2.45, 2.75) is 13.5 Å². The van der Waals surface area contributed by atoms with E-state index in [1.807, 2.05) is 60.8 Å². The Morgan fingerprint density at radius 3 is 2.76 bits per heavy atom. The SMILES string of the molecule is C=CCN1C(=O)/C(=C/c2ccc(OCc3ccccc3Cl)c(OC)c2)S/C1=N/c1nc(C)cs1. The topological polar surface area (TPSA) is 64.0 Å². The van der Waals surface area contributed by atoms with Gasteiger partial charge in [0.1, 0.15) is 6.61 Å². The van der Waals surface area contributed by atoms with E-state index < -0.39 is 0 Å². The lowest BCUT2D eigenvalue weighted by Gasteiger charge is -2.12. The van der Waals surface area contributed by atoms with Crippen molar-refractivity contribution in [3.05, 3.63) is 87.2 Å². The van der Waals surface area contributed by atoms with Crippen LogP contribution in [0.1, 0.15) is 16.8 Å². The molecular formula is C25H22ClN3O3S2. The summed E-state index contributed by atoms with van der Waals surface area (Å²) in [5, 5.41) is 3.77. The highest BCUT2D eigenvalue weighted by Gasteiger charge is 2.33. The highest BCUT2D eigenvalue weighted by molar-refractivity contribution is 8.18. The van der Waals surface area contributed by atoms with E-state index in [-0.39, 0.29) is 5.91 Å². The minimum atomic E-state index is -0.130. The molecule has 1 amide bonds. The lowest BCUT2D eigenvalue weighted by molar-refractivity contribution is -0.121. The summed E-state index contributed by atoms with van der Waals surface area (Å²) >= 11 is 8.97. The minimum Gasteiger partial charge on any atom is -0.493 e. The Labute approximate surface area is 211 Å². The fourth-order valence-corrected chi connectivity index (χ4v) is 5.07. The third-order valence-electron chi connectivity index (χ3n) is 4.82. The third kappa shape index (κ3) is 5.52. The van der Waals surface area contributed by atoms with Gasteiger partial charge in [0.15, 0.2) is 16.7 Å². The molecule has 3 aromatic rings. The number of benzene rings is 2. The average Bonchev–Trinajstić information content (AvgIpc) is 3.37. The van der Waals surface area contributed by atoms with E-state index in [0.29, 0.717) is 44.9 Å². The first-order valence-corrected chi connectivity index (χ1v) is 12.4. The van der Waals surface area contributed by atoms with E-state index in [1.165, 1.54) is 23.1 Å². The predicted octanol–water partition coefficient (Wildman–Crippen LogP) is 6.48. The molecule has 0 atom stereocenters. The van der Waals surface area contributed by atoms with Crippen LogP contribution in [0.25, 0.3) is 6.08 Å². The van der Waals surface area contributed by atoms with E-state index >= 15 is 0 Å². The number of nitrogens with zero attached hydrogens (tertiary/aromatic N) is 3. The van der Waals surface area contributed by atoms with Gasteiger partial charge in [0.2, 0.25) is 5.13 Å². The fourth-order valence-electron chi connectivity index (χ4n) is 3.17. The first-order chi connectivity index (χ1) is 16.5. The Kier molecular flexibility index (Phi) is 7.72. The molecule has 0 spiro atoms. The summed E-state index contributed by atoms with van der Waals surface area (Å²) in [4.78, 5) is 24.1. The van der Waals surface area contributed by atoms with Crippen LogP contribution in [0, 0.1) is 6.92 Å². The van der Waals surface area contributed by atoms with Crippen LogP contribution in [0.4, 0.5) is 5.13 Å². The van der Waals surface area contributed by atoms with Gasteiger partial charge in [0, 0.05) is 22.5 Å². The Hall–Kier alpha value is -3.07. The smallest absolute Gasteiger partial charge is 0.267 e. The summed E-state index contributed by atoms with van der Waals surface area (Å²) in [6.07, 6.45) is 3.50. The number of carbonyl (C=O) groups excluding carboxylic acids is 1. The zero-order valence-corrected chi connectivity index (χ0v) is 21.0.